The minimum Gasteiger partial charge on any atom is -0.495 e. The van der Waals surface area contributed by atoms with E-state index in [1.807, 2.05) is 48.5 Å². The van der Waals surface area contributed by atoms with Crippen LogP contribution in [0.4, 0.5) is 11.5 Å². The normalized spacial score (nSPS) is 10.8. The van der Waals surface area contributed by atoms with Crippen LogP contribution in [0.25, 0.3) is 22.3 Å². The minimum absolute atomic E-state index is 0.621. The third-order valence-electron chi connectivity index (χ3n) is 4.29. The molecular weight excluding hydrogens is 358 g/mol. The van der Waals surface area contributed by atoms with Crippen molar-refractivity contribution < 1.29 is 4.74 Å². The lowest BCUT2D eigenvalue weighted by Crippen LogP contribution is -2.01. The van der Waals surface area contributed by atoms with Gasteiger partial charge in [-0.05, 0) is 43.3 Å². The Labute approximate surface area is 162 Å². The van der Waals surface area contributed by atoms with Gasteiger partial charge in [0.15, 0.2) is 5.82 Å². The molecular formula is C22H18ClN3O. The van der Waals surface area contributed by atoms with Crippen molar-refractivity contribution in [2.45, 2.75) is 6.92 Å². The second-order valence-corrected chi connectivity index (χ2v) is 6.69. The smallest absolute Gasteiger partial charge is 0.162 e. The maximum absolute atomic E-state index is 6.17. The van der Waals surface area contributed by atoms with Gasteiger partial charge in [0.1, 0.15) is 11.6 Å². The van der Waals surface area contributed by atoms with Gasteiger partial charge in [-0.1, -0.05) is 47.5 Å². The summed E-state index contributed by atoms with van der Waals surface area (Å²) in [4.78, 5) is 9.53. The minimum atomic E-state index is 0.621. The molecule has 0 unspecified atom stereocenters. The highest BCUT2D eigenvalue weighted by molar-refractivity contribution is 6.31. The van der Waals surface area contributed by atoms with Crippen molar-refractivity contribution in [3.05, 3.63) is 77.3 Å². The van der Waals surface area contributed by atoms with E-state index in [1.165, 1.54) is 0 Å². The molecule has 0 aliphatic rings. The van der Waals surface area contributed by atoms with Gasteiger partial charge in [-0.2, -0.15) is 0 Å². The van der Waals surface area contributed by atoms with Gasteiger partial charge >= 0.3 is 0 Å². The molecule has 0 atom stereocenters. The van der Waals surface area contributed by atoms with Crippen molar-refractivity contribution in [3.63, 3.8) is 0 Å². The van der Waals surface area contributed by atoms with Crippen LogP contribution in [-0.4, -0.2) is 17.1 Å². The number of methoxy groups -OCH3 is 1. The van der Waals surface area contributed by atoms with Crippen LogP contribution in [0, 0.1) is 6.92 Å². The largest absolute Gasteiger partial charge is 0.495 e. The van der Waals surface area contributed by atoms with E-state index < -0.39 is 0 Å². The summed E-state index contributed by atoms with van der Waals surface area (Å²) in [5.74, 6) is 2.07. The number of benzene rings is 3. The molecule has 0 amide bonds. The van der Waals surface area contributed by atoms with Gasteiger partial charge in [0.25, 0.3) is 0 Å². The lowest BCUT2D eigenvalue weighted by atomic mass is 10.1. The second kappa shape index (κ2) is 7.25. The number of hydrogen-bond acceptors (Lipinski definition) is 4. The van der Waals surface area contributed by atoms with Gasteiger partial charge in [0, 0.05) is 16.0 Å². The third kappa shape index (κ3) is 3.57. The van der Waals surface area contributed by atoms with Gasteiger partial charge in [-0.25, -0.2) is 9.97 Å². The van der Waals surface area contributed by atoms with Crippen LogP contribution < -0.4 is 10.1 Å². The number of nitrogens with zero attached hydrogens (tertiary/aromatic N) is 2. The molecule has 4 rings (SSSR count). The number of halogens is 1. The first-order valence-electron chi connectivity index (χ1n) is 8.58. The Balaban J connectivity index is 1.88. The molecule has 3 aromatic carbocycles. The van der Waals surface area contributed by atoms with Crippen molar-refractivity contribution in [2.24, 2.45) is 0 Å². The monoisotopic (exact) mass is 375 g/mol. The van der Waals surface area contributed by atoms with Crippen molar-refractivity contribution >= 4 is 34.0 Å². The Morgan fingerprint density at radius 3 is 2.59 bits per heavy atom. The van der Waals surface area contributed by atoms with Crippen molar-refractivity contribution in [1.29, 1.82) is 0 Å². The Hall–Kier alpha value is -3.11. The highest BCUT2D eigenvalue weighted by Crippen LogP contribution is 2.33. The maximum Gasteiger partial charge on any atom is 0.162 e. The molecule has 0 bridgehead atoms. The summed E-state index contributed by atoms with van der Waals surface area (Å²) >= 11 is 6.17. The molecule has 0 saturated carbocycles. The zero-order valence-corrected chi connectivity index (χ0v) is 15.8. The SMILES string of the molecule is COc1ccc(Cl)cc1Nc1nc(-c2cccc(C)c2)nc2ccccc12. The predicted molar refractivity (Wildman–Crippen MR) is 111 cm³/mol. The Kier molecular flexibility index (Phi) is 4.65. The summed E-state index contributed by atoms with van der Waals surface area (Å²) in [6.07, 6.45) is 0. The average Bonchev–Trinajstić information content (AvgIpc) is 2.68. The lowest BCUT2D eigenvalue weighted by Gasteiger charge is -2.14. The van der Waals surface area contributed by atoms with E-state index in [2.05, 4.69) is 24.4 Å². The second-order valence-electron chi connectivity index (χ2n) is 6.25. The predicted octanol–water partition coefficient (Wildman–Crippen LogP) is 6.01. The van der Waals surface area contributed by atoms with Crippen LogP contribution in [0.3, 0.4) is 0 Å². The highest BCUT2D eigenvalue weighted by atomic mass is 35.5. The van der Waals surface area contributed by atoms with Crippen LogP contribution >= 0.6 is 11.6 Å². The molecule has 0 saturated heterocycles. The number of aromatic nitrogens is 2. The van der Waals surface area contributed by atoms with E-state index in [-0.39, 0.29) is 0 Å². The molecule has 4 nitrogen and oxygen atoms in total. The number of anilines is 2. The molecule has 1 aromatic heterocycles. The molecule has 0 aliphatic carbocycles. The number of nitrogens with one attached hydrogen (secondary N) is 1. The maximum atomic E-state index is 6.17. The highest BCUT2D eigenvalue weighted by Gasteiger charge is 2.12. The summed E-state index contributed by atoms with van der Waals surface area (Å²) in [7, 11) is 1.63. The van der Waals surface area contributed by atoms with Crippen LogP contribution in [0.1, 0.15) is 5.56 Å². The van der Waals surface area contributed by atoms with Crippen molar-refractivity contribution in [2.75, 3.05) is 12.4 Å². The van der Waals surface area contributed by atoms with Crippen molar-refractivity contribution in [3.8, 4) is 17.1 Å². The van der Waals surface area contributed by atoms with E-state index in [0.29, 0.717) is 22.4 Å². The first-order chi connectivity index (χ1) is 13.1. The van der Waals surface area contributed by atoms with Gasteiger partial charge in [0.05, 0.1) is 18.3 Å². The van der Waals surface area contributed by atoms with Crippen LogP contribution in [0.2, 0.25) is 5.02 Å². The van der Waals surface area contributed by atoms with E-state index in [4.69, 9.17) is 26.3 Å². The Morgan fingerprint density at radius 2 is 1.78 bits per heavy atom. The fourth-order valence-electron chi connectivity index (χ4n) is 2.99. The molecule has 0 spiro atoms. The van der Waals surface area contributed by atoms with E-state index >= 15 is 0 Å². The molecule has 0 radical (unpaired) electrons. The topological polar surface area (TPSA) is 47.0 Å². The molecule has 4 aromatic rings. The molecule has 0 aliphatic heterocycles. The first kappa shape index (κ1) is 17.3. The summed E-state index contributed by atoms with van der Waals surface area (Å²) in [5, 5.41) is 4.92. The van der Waals surface area contributed by atoms with Gasteiger partial charge < -0.3 is 10.1 Å². The van der Waals surface area contributed by atoms with Crippen LogP contribution in [-0.2, 0) is 0 Å². The summed E-state index contributed by atoms with van der Waals surface area (Å²) < 4.78 is 5.45. The number of ether oxygens (including phenoxy) is 1. The third-order valence-corrected chi connectivity index (χ3v) is 4.53. The summed E-state index contributed by atoms with van der Waals surface area (Å²) in [6.45, 7) is 2.06. The number of rotatable bonds is 4. The molecule has 27 heavy (non-hydrogen) atoms. The van der Waals surface area contributed by atoms with Gasteiger partial charge in [-0.3, -0.25) is 0 Å². The number of para-hydroxylation sites is 1. The quantitative estimate of drug-likeness (QED) is 0.474. The Morgan fingerprint density at radius 1 is 0.926 bits per heavy atom. The zero-order chi connectivity index (χ0) is 18.8. The van der Waals surface area contributed by atoms with E-state index in [0.717, 1.165) is 27.7 Å². The average molecular weight is 376 g/mol. The summed E-state index contributed by atoms with van der Waals surface area (Å²) in [5.41, 5.74) is 3.76. The fourth-order valence-corrected chi connectivity index (χ4v) is 3.16. The molecule has 1 heterocycles. The van der Waals surface area contributed by atoms with E-state index in [9.17, 15) is 0 Å². The number of hydrogen-bond donors (Lipinski definition) is 1. The number of aryl methyl sites for hydroxylation is 1. The summed E-state index contributed by atoms with van der Waals surface area (Å²) in [6, 6.07) is 21.5. The van der Waals surface area contributed by atoms with Crippen LogP contribution in [0.15, 0.2) is 66.7 Å². The Bertz CT molecular complexity index is 1130. The van der Waals surface area contributed by atoms with Gasteiger partial charge in [-0.15, -0.1) is 0 Å². The fraction of sp³-hybridized carbons (Fsp3) is 0.0909. The van der Waals surface area contributed by atoms with Crippen LogP contribution in [0.5, 0.6) is 5.75 Å². The molecule has 0 fully saturated rings. The van der Waals surface area contributed by atoms with E-state index in [1.54, 1.807) is 13.2 Å². The molecule has 1 N–H and O–H groups in total. The molecule has 5 heteroatoms. The van der Waals surface area contributed by atoms with Gasteiger partial charge in [0.2, 0.25) is 0 Å². The molecule has 134 valence electrons. The first-order valence-corrected chi connectivity index (χ1v) is 8.96. The zero-order valence-electron chi connectivity index (χ0n) is 15.0. The lowest BCUT2D eigenvalue weighted by molar-refractivity contribution is 0.417. The number of fused-ring (bicyclic) bond motifs is 1. The standard InChI is InChI=1S/C22H18ClN3O/c1-14-6-5-7-15(12-14)21-24-18-9-4-3-8-17(18)22(26-21)25-19-13-16(23)10-11-20(19)27-2/h3-13H,1-2H3,(H,24,25,26). The van der Waals surface area contributed by atoms with Crippen molar-refractivity contribution in [1.82, 2.24) is 9.97 Å².